The maximum atomic E-state index is 14.2. The molecule has 1 aliphatic rings. The van der Waals surface area contributed by atoms with E-state index in [0.29, 0.717) is 24.5 Å². The first-order valence-corrected chi connectivity index (χ1v) is 7.93. The first-order chi connectivity index (χ1) is 11.1. The molecule has 2 aromatic rings. The Morgan fingerprint density at radius 2 is 2.26 bits per heavy atom. The first kappa shape index (κ1) is 16.2. The van der Waals surface area contributed by atoms with Crippen molar-refractivity contribution in [1.82, 2.24) is 14.7 Å². The quantitative estimate of drug-likeness (QED) is 0.910. The van der Waals surface area contributed by atoms with Gasteiger partial charge in [0, 0.05) is 38.0 Å². The molecule has 1 aliphatic heterocycles. The molecule has 1 aromatic heterocycles. The minimum Gasteiger partial charge on any atom is -0.382 e. The van der Waals surface area contributed by atoms with Crippen molar-refractivity contribution in [2.45, 2.75) is 31.7 Å². The van der Waals surface area contributed by atoms with Crippen molar-refractivity contribution >= 4 is 17.4 Å². The van der Waals surface area contributed by atoms with Crippen LogP contribution in [0.3, 0.4) is 0 Å². The third-order valence-electron chi connectivity index (χ3n) is 4.29. The number of methoxy groups -OCH3 is 1. The minimum absolute atomic E-state index is 0.134. The SMILES string of the molecule is CO[C@H]1C[C@@H](Cn2ccc(N)n2)N(Cc2cccc(Cl)c2F)C1. The van der Waals surface area contributed by atoms with Gasteiger partial charge in [0.05, 0.1) is 17.7 Å². The lowest BCUT2D eigenvalue weighted by molar-refractivity contribution is 0.107. The summed E-state index contributed by atoms with van der Waals surface area (Å²) >= 11 is 5.88. The zero-order chi connectivity index (χ0) is 16.4. The summed E-state index contributed by atoms with van der Waals surface area (Å²) < 4.78 is 21.5. The number of hydrogen-bond acceptors (Lipinski definition) is 4. The molecule has 0 saturated carbocycles. The zero-order valence-corrected chi connectivity index (χ0v) is 13.7. The Morgan fingerprint density at radius 3 is 2.96 bits per heavy atom. The third-order valence-corrected chi connectivity index (χ3v) is 4.58. The number of rotatable bonds is 5. The van der Waals surface area contributed by atoms with Gasteiger partial charge in [0.1, 0.15) is 11.6 Å². The van der Waals surface area contributed by atoms with Crippen molar-refractivity contribution in [3.05, 3.63) is 46.9 Å². The number of nitrogen functional groups attached to an aromatic ring is 1. The monoisotopic (exact) mass is 338 g/mol. The molecule has 1 aromatic carbocycles. The second kappa shape index (κ2) is 6.86. The fraction of sp³-hybridized carbons (Fsp3) is 0.438. The Bertz CT molecular complexity index is 678. The maximum Gasteiger partial charge on any atom is 0.146 e. The van der Waals surface area contributed by atoms with Crippen LogP contribution in [0.25, 0.3) is 0 Å². The number of nitrogens with two attached hydrogens (primary N) is 1. The topological polar surface area (TPSA) is 56.3 Å². The predicted molar refractivity (Wildman–Crippen MR) is 87.7 cm³/mol. The molecule has 2 heterocycles. The molecule has 3 rings (SSSR count). The Kier molecular flexibility index (Phi) is 4.84. The van der Waals surface area contributed by atoms with Crippen molar-refractivity contribution in [1.29, 1.82) is 0 Å². The fourth-order valence-electron chi connectivity index (χ4n) is 3.08. The molecule has 1 fully saturated rings. The molecule has 0 spiro atoms. The highest BCUT2D eigenvalue weighted by atomic mass is 35.5. The summed E-state index contributed by atoms with van der Waals surface area (Å²) in [6.45, 7) is 1.94. The van der Waals surface area contributed by atoms with Gasteiger partial charge in [0.25, 0.3) is 0 Å². The highest BCUT2D eigenvalue weighted by molar-refractivity contribution is 6.30. The molecule has 0 amide bonds. The smallest absolute Gasteiger partial charge is 0.146 e. The van der Waals surface area contributed by atoms with Crippen LogP contribution in [-0.2, 0) is 17.8 Å². The third kappa shape index (κ3) is 3.65. The van der Waals surface area contributed by atoms with Crippen LogP contribution in [0.5, 0.6) is 0 Å². The van der Waals surface area contributed by atoms with Crippen molar-refractivity contribution in [2.24, 2.45) is 0 Å². The van der Waals surface area contributed by atoms with Gasteiger partial charge in [0.15, 0.2) is 0 Å². The standard InChI is InChI=1S/C16H20ClFN4O/c1-23-13-7-12(9-22-6-5-15(19)20-22)21(10-13)8-11-3-2-4-14(17)16(11)18/h2-6,12-13H,7-10H2,1H3,(H2,19,20)/t12-,13-/m0/s1. The van der Waals surface area contributed by atoms with Gasteiger partial charge in [-0.05, 0) is 18.6 Å². The van der Waals surface area contributed by atoms with Crippen LogP contribution in [0.2, 0.25) is 5.02 Å². The second-order valence-corrected chi connectivity index (χ2v) is 6.26. The van der Waals surface area contributed by atoms with Gasteiger partial charge in [-0.1, -0.05) is 23.7 Å². The number of aromatic nitrogens is 2. The Balaban J connectivity index is 1.76. The normalized spacial score (nSPS) is 21.9. The molecular weight excluding hydrogens is 319 g/mol. The largest absolute Gasteiger partial charge is 0.382 e. The minimum atomic E-state index is -0.350. The van der Waals surface area contributed by atoms with Crippen LogP contribution in [-0.4, -0.2) is 40.5 Å². The van der Waals surface area contributed by atoms with Crippen LogP contribution in [0, 0.1) is 5.82 Å². The Morgan fingerprint density at radius 1 is 1.43 bits per heavy atom. The molecular formula is C16H20ClFN4O. The van der Waals surface area contributed by atoms with Crippen LogP contribution in [0.4, 0.5) is 10.2 Å². The van der Waals surface area contributed by atoms with E-state index in [9.17, 15) is 4.39 Å². The summed E-state index contributed by atoms with van der Waals surface area (Å²) in [6, 6.07) is 7.08. The van der Waals surface area contributed by atoms with E-state index in [0.717, 1.165) is 13.0 Å². The summed E-state index contributed by atoms with van der Waals surface area (Å²) in [4.78, 5) is 2.21. The number of ether oxygens (including phenoxy) is 1. The second-order valence-electron chi connectivity index (χ2n) is 5.85. The summed E-state index contributed by atoms with van der Waals surface area (Å²) in [7, 11) is 1.71. The Labute approximate surface area is 139 Å². The molecule has 0 unspecified atom stereocenters. The lowest BCUT2D eigenvalue weighted by Crippen LogP contribution is -2.33. The molecule has 1 saturated heterocycles. The number of anilines is 1. The van der Waals surface area contributed by atoms with Crippen molar-refractivity contribution in [2.75, 3.05) is 19.4 Å². The van der Waals surface area contributed by atoms with Gasteiger partial charge >= 0.3 is 0 Å². The highest BCUT2D eigenvalue weighted by Crippen LogP contribution is 2.26. The summed E-state index contributed by atoms with van der Waals surface area (Å²) in [5.41, 5.74) is 6.26. The van der Waals surface area contributed by atoms with E-state index in [1.807, 2.05) is 10.9 Å². The number of hydrogen-bond donors (Lipinski definition) is 1. The number of benzene rings is 1. The lowest BCUT2D eigenvalue weighted by atomic mass is 10.1. The van der Waals surface area contributed by atoms with Crippen molar-refractivity contribution in [3.63, 3.8) is 0 Å². The molecule has 5 nitrogen and oxygen atoms in total. The number of likely N-dealkylation sites (tertiary alicyclic amines) is 1. The molecule has 2 atom stereocenters. The van der Waals surface area contributed by atoms with E-state index in [1.165, 1.54) is 0 Å². The van der Waals surface area contributed by atoms with Crippen LogP contribution >= 0.6 is 11.6 Å². The van der Waals surface area contributed by atoms with Gasteiger partial charge < -0.3 is 10.5 Å². The number of halogens is 2. The highest BCUT2D eigenvalue weighted by Gasteiger charge is 2.33. The van der Waals surface area contributed by atoms with E-state index in [2.05, 4.69) is 10.00 Å². The van der Waals surface area contributed by atoms with E-state index in [-0.39, 0.29) is 23.0 Å². The molecule has 0 bridgehead atoms. The van der Waals surface area contributed by atoms with Gasteiger partial charge in [-0.15, -0.1) is 0 Å². The van der Waals surface area contributed by atoms with E-state index in [1.54, 1.807) is 31.4 Å². The average Bonchev–Trinajstić information content (AvgIpc) is 3.11. The molecule has 23 heavy (non-hydrogen) atoms. The van der Waals surface area contributed by atoms with E-state index in [4.69, 9.17) is 22.1 Å². The van der Waals surface area contributed by atoms with Crippen LogP contribution in [0.15, 0.2) is 30.5 Å². The number of nitrogens with zero attached hydrogens (tertiary/aromatic N) is 3. The lowest BCUT2D eigenvalue weighted by Gasteiger charge is -2.24. The average molecular weight is 339 g/mol. The first-order valence-electron chi connectivity index (χ1n) is 7.55. The van der Waals surface area contributed by atoms with Gasteiger partial charge in [-0.2, -0.15) is 5.10 Å². The van der Waals surface area contributed by atoms with Gasteiger partial charge in [-0.25, -0.2) is 4.39 Å². The fourth-order valence-corrected chi connectivity index (χ4v) is 3.27. The van der Waals surface area contributed by atoms with E-state index >= 15 is 0 Å². The molecule has 0 aliphatic carbocycles. The van der Waals surface area contributed by atoms with Gasteiger partial charge in [-0.3, -0.25) is 9.58 Å². The zero-order valence-electron chi connectivity index (χ0n) is 13.0. The molecule has 2 N–H and O–H groups in total. The summed E-state index contributed by atoms with van der Waals surface area (Å²) in [6.07, 6.45) is 2.86. The Hall–Kier alpha value is -1.63. The molecule has 0 radical (unpaired) electrons. The molecule has 7 heteroatoms. The summed E-state index contributed by atoms with van der Waals surface area (Å²) in [5.74, 6) is 0.149. The summed E-state index contributed by atoms with van der Waals surface area (Å²) in [5, 5.41) is 4.38. The van der Waals surface area contributed by atoms with Crippen LogP contribution in [0.1, 0.15) is 12.0 Å². The van der Waals surface area contributed by atoms with Crippen molar-refractivity contribution < 1.29 is 9.13 Å². The van der Waals surface area contributed by atoms with Gasteiger partial charge in [0.2, 0.25) is 0 Å². The van der Waals surface area contributed by atoms with Crippen LogP contribution < -0.4 is 5.73 Å². The van der Waals surface area contributed by atoms with E-state index < -0.39 is 0 Å². The van der Waals surface area contributed by atoms with Crippen molar-refractivity contribution in [3.8, 4) is 0 Å². The maximum absolute atomic E-state index is 14.2. The molecule has 124 valence electrons. The predicted octanol–water partition coefficient (Wildman–Crippen LogP) is 2.55.